The molecule has 26 heteroatoms. The predicted molar refractivity (Wildman–Crippen MR) is 325 cm³/mol. The molecule has 1 amide bonds. The summed E-state index contributed by atoms with van der Waals surface area (Å²) >= 11 is 0. The molecule has 1 saturated carbocycles. The molecule has 29 atom stereocenters. The number of carbonyl (C=O) groups is 5. The lowest BCUT2D eigenvalue weighted by Gasteiger charge is -2.56. The van der Waals surface area contributed by atoms with Crippen molar-refractivity contribution >= 4 is 30.1 Å². The van der Waals surface area contributed by atoms with Crippen LogP contribution in [0.5, 0.6) is 0 Å². The van der Waals surface area contributed by atoms with E-state index in [9.17, 15) is 49.7 Å². The molecule has 5 unspecified atom stereocenters. The monoisotopic (exact) mass is 1310 g/mol. The number of hydrogen-bond acceptors (Lipinski definition) is 24. The van der Waals surface area contributed by atoms with Crippen LogP contribution < -0.4 is 5.32 Å². The van der Waals surface area contributed by atoms with Crippen molar-refractivity contribution in [2.24, 2.45) is 40.9 Å². The number of aliphatic hydroxyl groups excluding tert-OH is 4. The average Bonchev–Trinajstić information content (AvgIpc) is 1.68. The van der Waals surface area contributed by atoms with E-state index in [1.165, 1.54) is 19.9 Å². The lowest BCUT2D eigenvalue weighted by Crippen LogP contribution is -2.65. The maximum absolute atomic E-state index is 15.6. The fourth-order valence-corrected chi connectivity index (χ4v) is 16.9. The number of aliphatic hydroxyl groups is 4. The Labute approximate surface area is 542 Å². The third-order valence-corrected chi connectivity index (χ3v) is 21.7. The highest BCUT2D eigenvalue weighted by Crippen LogP contribution is 2.61. The second-order valence-electron chi connectivity index (χ2n) is 28.2. The second-order valence-corrected chi connectivity index (χ2v) is 28.2. The number of hydrogen-bond donors (Lipinski definition) is 5. The van der Waals surface area contributed by atoms with Crippen LogP contribution in [0.1, 0.15) is 147 Å². The van der Waals surface area contributed by atoms with E-state index in [2.05, 4.69) is 25.2 Å². The van der Waals surface area contributed by atoms with Gasteiger partial charge in [-0.05, 0) is 109 Å². The highest BCUT2D eigenvalue weighted by molar-refractivity contribution is 6.26. The van der Waals surface area contributed by atoms with Crippen molar-refractivity contribution in [3.63, 3.8) is 0 Å². The molecule has 6 heterocycles. The van der Waals surface area contributed by atoms with Crippen molar-refractivity contribution in [1.29, 1.82) is 0 Å². The number of ether oxygens (including phenoxy) is 13. The Hall–Kier alpha value is -5.07. The predicted octanol–water partition coefficient (Wildman–Crippen LogP) is 6.36. The van der Waals surface area contributed by atoms with Gasteiger partial charge >= 0.3 is 18.0 Å². The molecule has 5 N–H and O–H groups in total. The van der Waals surface area contributed by atoms with Crippen LogP contribution in [0.2, 0.25) is 0 Å². The maximum Gasteiger partial charge on any atom is 0.407 e. The molecule has 6 saturated heterocycles. The highest BCUT2D eigenvalue weighted by atomic mass is 16.8. The molecule has 26 nitrogen and oxygen atoms in total. The smallest absolute Gasteiger partial charge is 0.407 e. The number of aldehydes is 1. The summed E-state index contributed by atoms with van der Waals surface area (Å²) in [6, 6.07) is -1.12. The molecule has 10 aliphatic rings. The number of nitrogens with one attached hydrogen (secondary N) is 1. The Kier molecular flexibility index (Phi) is 21.4. The fourth-order valence-electron chi connectivity index (χ4n) is 16.9. The summed E-state index contributed by atoms with van der Waals surface area (Å²) in [6.07, 6.45) is -4.21. The number of nitro groups is 1. The van der Waals surface area contributed by atoms with Gasteiger partial charge in [0.25, 0.3) is 0 Å². The van der Waals surface area contributed by atoms with Crippen molar-refractivity contribution in [1.82, 2.24) is 5.32 Å². The number of rotatable bonds is 14. The molecule has 0 aromatic rings. The van der Waals surface area contributed by atoms with Gasteiger partial charge in [-0.15, -0.1) is 0 Å². The summed E-state index contributed by atoms with van der Waals surface area (Å²) in [5.41, 5.74) is -4.91. The van der Waals surface area contributed by atoms with Crippen molar-refractivity contribution in [3.8, 4) is 0 Å². The zero-order chi connectivity index (χ0) is 67.5. The van der Waals surface area contributed by atoms with Crippen LogP contribution >= 0.6 is 0 Å². The van der Waals surface area contributed by atoms with Gasteiger partial charge in [0.15, 0.2) is 43.2 Å². The summed E-state index contributed by atoms with van der Waals surface area (Å²) in [7, 11) is 1.15. The van der Waals surface area contributed by atoms with Crippen molar-refractivity contribution < 1.29 is 111 Å². The molecule has 0 radical (unpaired) electrons. The molecule has 93 heavy (non-hydrogen) atoms. The van der Waals surface area contributed by atoms with Crippen LogP contribution in [-0.2, 0) is 80.8 Å². The van der Waals surface area contributed by atoms with Gasteiger partial charge in [-0.3, -0.25) is 24.5 Å². The summed E-state index contributed by atoms with van der Waals surface area (Å²) in [4.78, 5) is 80.4. The number of alkyl carbamates (subject to hydrolysis) is 1. The zero-order valence-electron chi connectivity index (χ0n) is 55.4. The molecule has 518 valence electrons. The Bertz CT molecular complexity index is 2960. The average molecular weight is 1310 g/mol. The van der Waals surface area contributed by atoms with E-state index in [0.717, 1.165) is 7.11 Å². The first-order valence-corrected chi connectivity index (χ1v) is 33.1. The molecule has 1 spiro atoms. The van der Waals surface area contributed by atoms with Gasteiger partial charge < -0.3 is 87.3 Å². The zero-order valence-corrected chi connectivity index (χ0v) is 55.4. The van der Waals surface area contributed by atoms with Crippen LogP contribution in [0.15, 0.2) is 58.4 Å². The summed E-state index contributed by atoms with van der Waals surface area (Å²) in [5, 5.41) is 62.0. The van der Waals surface area contributed by atoms with E-state index in [0.29, 0.717) is 49.5 Å². The molecule has 4 aliphatic carbocycles. The number of allylic oxidation sites excluding steroid dienone is 3. The number of carbonyl (C=O) groups excluding carboxylic acids is 5. The topological polar surface area (TPSA) is 341 Å². The third kappa shape index (κ3) is 14.0. The number of ketones is 1. The van der Waals surface area contributed by atoms with Crippen LogP contribution in [-0.4, -0.2) is 197 Å². The largest absolute Gasteiger partial charge is 0.511 e. The van der Waals surface area contributed by atoms with Crippen molar-refractivity contribution in [2.45, 2.75) is 281 Å². The lowest BCUT2D eigenvalue weighted by molar-refractivity contribution is -0.584. The second kappa shape index (κ2) is 28.2. The van der Waals surface area contributed by atoms with Crippen molar-refractivity contribution in [3.05, 3.63) is 68.5 Å². The van der Waals surface area contributed by atoms with E-state index in [1.54, 1.807) is 33.8 Å². The van der Waals surface area contributed by atoms with Gasteiger partial charge in [0.1, 0.15) is 35.9 Å². The van der Waals surface area contributed by atoms with Gasteiger partial charge in [-0.1, -0.05) is 50.6 Å². The number of fused-ring (bicyclic) bond motifs is 4. The van der Waals surface area contributed by atoms with E-state index >= 15 is 4.79 Å². The lowest BCUT2D eigenvalue weighted by atomic mass is 9.49. The number of esters is 2. The summed E-state index contributed by atoms with van der Waals surface area (Å²) < 4.78 is 81.5. The molecule has 7 fully saturated rings. The number of nitrogens with zero attached hydrogens (tertiary/aromatic N) is 1. The molecular formula is C67H96N2O24. The van der Waals surface area contributed by atoms with E-state index in [4.69, 9.17) is 61.6 Å². The van der Waals surface area contributed by atoms with E-state index in [-0.39, 0.29) is 43.1 Å². The standard InChI is InChI=1S/C67H96N2O24/c1-30-14-18-47(88-54-28-65(11,69(79)80)60(38(9)86-54)68-64(78)81-13)31(2)23-43-45(73)24-40(29-70)27-67(43)62(76)55(63(77)93-67)61(75)66(12)42(30)16-15-41-56(66)32(3)22-33(4)57(41)92-53-26-49(59(37(8)85-53)87-39(10)71)90-50-21-19-48(35(6)83-50)89-52-25-46(74)58(36(7)84-52)91-51-20-17-44(72)34(5)82-51/h14-16,23-24,29,32-38,41-54,56-60,72-75H,17-22,25-28H2,1-13H3,(H,68,78)/b30-14+,31-23?,61-55?/t32-,33-,34-,35-,36-,37-,38+,41-,42-,43+,44+,45-,46+,47-,48?,49+,50-,51-,52-,53-,54-,56+,57?,58?,59-,60-,65?,66+,67?/m0/s1. The maximum atomic E-state index is 15.6. The van der Waals surface area contributed by atoms with Crippen LogP contribution in [0.25, 0.3) is 0 Å². The van der Waals surface area contributed by atoms with Gasteiger partial charge in [0.2, 0.25) is 11.3 Å². The molecule has 0 aromatic carbocycles. The molecular weight excluding hydrogens is 1220 g/mol. The molecule has 6 aliphatic heterocycles. The van der Waals surface area contributed by atoms with E-state index < -0.39 is 210 Å². The fraction of sp³-hybridized carbons (Fsp3) is 0.776. The molecule has 10 rings (SSSR count). The van der Waals surface area contributed by atoms with Gasteiger partial charge in [0, 0.05) is 68.1 Å². The quantitative estimate of drug-likeness (QED) is 0.0240. The van der Waals surface area contributed by atoms with Gasteiger partial charge in [0.05, 0.1) is 86.6 Å². The van der Waals surface area contributed by atoms with Crippen LogP contribution in [0.3, 0.4) is 0 Å². The van der Waals surface area contributed by atoms with Crippen LogP contribution in [0, 0.1) is 51.0 Å². The number of amides is 1. The minimum absolute atomic E-state index is 0.00196. The Morgan fingerprint density at radius 3 is 2.01 bits per heavy atom. The molecule has 2 bridgehead atoms. The van der Waals surface area contributed by atoms with Gasteiger partial charge in [-0.25, -0.2) is 9.59 Å². The Morgan fingerprint density at radius 1 is 0.720 bits per heavy atom. The minimum Gasteiger partial charge on any atom is -0.511 e. The first-order valence-electron chi connectivity index (χ1n) is 33.1. The number of Topliss-reactive ketones (excluding diaryl/α,β-unsaturated/α-hetero) is 1. The SMILES string of the molecule is COC(=O)N[C@H]1[C@@H](C)O[C@@H](O[C@H]2C/C=C(\C)[C@@H]3C=C[C@@H]4C(O[C@H]5C[C@@H](O[C@H]6CCC(O[C@H]7C[C@@H](O)C(O[C@H]8CC[C@@H](O)[C@H](C)O8)[C@H](C)O7)[C@H](C)O6)[C@@H](OC(C)=O)[C@H](C)O5)[C@@H](C)C[C@H](C)[C@H]4[C@]3(C)C(O)=C3C(=O)OC4(CC(C=O)=C[C@H](O)[C@H]4C=C2C)C3=O)CC1(C)[N+](=O)[O-]. The normalized spacial score (nSPS) is 46.8. The van der Waals surface area contributed by atoms with Crippen molar-refractivity contribution in [2.75, 3.05) is 7.11 Å². The van der Waals surface area contributed by atoms with E-state index in [1.807, 2.05) is 39.8 Å². The molecule has 0 aromatic heterocycles. The van der Waals surface area contributed by atoms with Crippen LogP contribution in [0.4, 0.5) is 4.79 Å². The summed E-state index contributed by atoms with van der Waals surface area (Å²) in [6.45, 7) is 21.0. The Balaban J connectivity index is 0.904. The highest BCUT2D eigenvalue weighted by Gasteiger charge is 2.65. The Morgan fingerprint density at radius 2 is 1.35 bits per heavy atom. The first kappa shape index (κ1) is 70.7. The minimum atomic E-state index is -2.20. The third-order valence-electron chi connectivity index (χ3n) is 21.7. The number of methoxy groups -OCH3 is 1. The van der Waals surface area contributed by atoms with Gasteiger partial charge in [-0.2, -0.15) is 0 Å². The first-order chi connectivity index (χ1) is 43.9. The summed E-state index contributed by atoms with van der Waals surface area (Å²) in [5.74, 6) is -6.46.